The van der Waals surface area contributed by atoms with E-state index in [0.29, 0.717) is 55.5 Å². The lowest BCUT2D eigenvalue weighted by atomic mass is 10.1. The Labute approximate surface area is 193 Å². The van der Waals surface area contributed by atoms with Gasteiger partial charge in [0.2, 0.25) is 11.9 Å². The van der Waals surface area contributed by atoms with Gasteiger partial charge in [-0.05, 0) is 26.0 Å². The molecule has 1 saturated heterocycles. The number of sulfone groups is 1. The second kappa shape index (κ2) is 7.56. The van der Waals surface area contributed by atoms with Crippen molar-refractivity contribution in [3.8, 4) is 11.7 Å². The highest BCUT2D eigenvalue weighted by Crippen LogP contribution is 2.43. The third-order valence-corrected chi connectivity index (χ3v) is 8.44. The molecule has 0 saturated carbocycles. The minimum atomic E-state index is -3.52. The zero-order chi connectivity index (χ0) is 23.5. The van der Waals surface area contributed by atoms with E-state index in [1.165, 1.54) is 6.26 Å². The van der Waals surface area contributed by atoms with Crippen molar-refractivity contribution < 1.29 is 17.9 Å². The Hall–Kier alpha value is -2.92. The molecule has 0 radical (unpaired) electrons. The summed E-state index contributed by atoms with van der Waals surface area (Å²) in [5.74, 6) is 2.01. The van der Waals surface area contributed by atoms with Crippen molar-refractivity contribution in [1.82, 2.24) is 19.5 Å². The highest BCUT2D eigenvalue weighted by Gasteiger charge is 2.43. The Bertz CT molecular complexity index is 1330. The monoisotopic (exact) mass is 472 g/mol. The lowest BCUT2D eigenvalue weighted by Crippen LogP contribution is -2.52. The van der Waals surface area contributed by atoms with E-state index >= 15 is 0 Å². The number of rotatable bonds is 4. The lowest BCUT2D eigenvalue weighted by molar-refractivity contribution is 0.0691. The Kier molecular flexibility index (Phi) is 5.02. The normalized spacial score (nSPS) is 18.6. The van der Waals surface area contributed by atoms with Crippen LogP contribution in [-0.2, 0) is 19.3 Å². The van der Waals surface area contributed by atoms with Crippen molar-refractivity contribution in [2.24, 2.45) is 0 Å². The molecule has 2 aliphatic rings. The van der Waals surface area contributed by atoms with E-state index in [-0.39, 0.29) is 6.04 Å². The van der Waals surface area contributed by atoms with Gasteiger partial charge in [0.05, 0.1) is 30.3 Å². The molecule has 2 aliphatic heterocycles. The van der Waals surface area contributed by atoms with Gasteiger partial charge in [0.15, 0.2) is 21.4 Å². The average Bonchev–Trinajstić information content (AvgIpc) is 3.17. The number of ether oxygens (including phenoxy) is 2. The average molecular weight is 473 g/mol. The van der Waals surface area contributed by atoms with E-state index in [2.05, 4.69) is 4.90 Å². The van der Waals surface area contributed by atoms with Gasteiger partial charge >= 0.3 is 0 Å². The van der Waals surface area contributed by atoms with Crippen molar-refractivity contribution in [2.45, 2.75) is 24.6 Å². The Morgan fingerprint density at radius 2 is 1.88 bits per heavy atom. The summed E-state index contributed by atoms with van der Waals surface area (Å²) < 4.78 is 38.0. The van der Waals surface area contributed by atoms with Gasteiger partial charge in [-0.25, -0.2) is 23.0 Å². The van der Waals surface area contributed by atoms with Crippen LogP contribution in [0.25, 0.3) is 17.0 Å². The number of para-hydroxylation sites is 2. The first-order valence-electron chi connectivity index (χ1n) is 10.8. The maximum Gasteiger partial charge on any atom is 0.239 e. The number of fused-ring (bicyclic) bond motifs is 4. The molecule has 176 valence electrons. The smallest absolute Gasteiger partial charge is 0.239 e. The first-order chi connectivity index (χ1) is 15.6. The van der Waals surface area contributed by atoms with Crippen LogP contribution in [0.1, 0.15) is 19.5 Å². The van der Waals surface area contributed by atoms with Crippen LogP contribution in [0.4, 0.5) is 11.8 Å². The Balaban J connectivity index is 1.83. The van der Waals surface area contributed by atoms with Gasteiger partial charge in [-0.3, -0.25) is 0 Å². The molecule has 1 unspecified atom stereocenters. The second-order valence-corrected chi connectivity index (χ2v) is 11.7. The fraction of sp³-hybridized carbons (Fsp3) is 0.500. The van der Waals surface area contributed by atoms with Crippen molar-refractivity contribution in [1.29, 1.82) is 0 Å². The molecule has 2 aromatic heterocycles. The molecule has 1 aromatic carbocycles. The largest absolute Gasteiger partial charge is 0.486 e. The molecule has 0 aliphatic carbocycles. The molecule has 11 heteroatoms. The summed E-state index contributed by atoms with van der Waals surface area (Å²) >= 11 is 0. The molecule has 0 amide bonds. The summed E-state index contributed by atoms with van der Waals surface area (Å²) in [5, 5.41) is 0. The number of anilines is 2. The third-order valence-electron chi connectivity index (χ3n) is 6.40. The Morgan fingerprint density at radius 3 is 2.61 bits per heavy atom. The molecule has 1 fully saturated rings. The molecule has 0 N–H and O–H groups in total. The predicted molar refractivity (Wildman–Crippen MR) is 126 cm³/mol. The maximum atomic E-state index is 12.8. The van der Waals surface area contributed by atoms with Gasteiger partial charge in [-0.1, -0.05) is 12.1 Å². The lowest BCUT2D eigenvalue weighted by Gasteiger charge is -2.41. The van der Waals surface area contributed by atoms with Crippen molar-refractivity contribution in [2.75, 3.05) is 56.5 Å². The minimum Gasteiger partial charge on any atom is -0.486 e. The van der Waals surface area contributed by atoms with Crippen LogP contribution in [0.5, 0.6) is 5.75 Å². The summed E-state index contributed by atoms with van der Waals surface area (Å²) in [5.41, 5.74) is 1.98. The number of nitrogens with zero attached hydrogens (tertiary/aromatic N) is 6. The van der Waals surface area contributed by atoms with Gasteiger partial charge in [0.1, 0.15) is 17.0 Å². The zero-order valence-electron chi connectivity index (χ0n) is 19.4. The number of hydrogen-bond donors (Lipinski definition) is 0. The van der Waals surface area contributed by atoms with Gasteiger partial charge in [-0.2, -0.15) is 4.98 Å². The van der Waals surface area contributed by atoms with Gasteiger partial charge in [-0.15, -0.1) is 0 Å². The summed E-state index contributed by atoms with van der Waals surface area (Å²) in [6.45, 7) is 5.43. The molecule has 10 nitrogen and oxygen atoms in total. The molecular weight excluding hydrogens is 444 g/mol. The molecule has 1 atom stereocenters. The van der Waals surface area contributed by atoms with Crippen molar-refractivity contribution >= 4 is 32.6 Å². The van der Waals surface area contributed by atoms with Gasteiger partial charge in [0.25, 0.3) is 0 Å². The molecular formula is C22H28N6O4S. The van der Waals surface area contributed by atoms with E-state index in [1.807, 2.05) is 47.8 Å². The molecule has 0 spiro atoms. The highest BCUT2D eigenvalue weighted by atomic mass is 32.2. The van der Waals surface area contributed by atoms with Crippen LogP contribution in [0.3, 0.4) is 0 Å². The summed E-state index contributed by atoms with van der Waals surface area (Å²) in [4.78, 5) is 18.5. The Morgan fingerprint density at radius 1 is 1.12 bits per heavy atom. The van der Waals surface area contributed by atoms with Gasteiger partial charge < -0.3 is 19.3 Å². The van der Waals surface area contributed by atoms with E-state index in [4.69, 9.17) is 24.4 Å². The topological polar surface area (TPSA) is 103 Å². The molecule has 4 heterocycles. The third kappa shape index (κ3) is 3.41. The van der Waals surface area contributed by atoms with Crippen LogP contribution < -0.4 is 14.5 Å². The fourth-order valence-electron chi connectivity index (χ4n) is 4.20. The van der Waals surface area contributed by atoms with Crippen LogP contribution in [-0.4, -0.2) is 80.7 Å². The van der Waals surface area contributed by atoms with E-state index < -0.39 is 14.6 Å². The number of benzene rings is 1. The van der Waals surface area contributed by atoms with E-state index in [0.717, 1.165) is 11.0 Å². The molecule has 3 aromatic rings. The van der Waals surface area contributed by atoms with Crippen LogP contribution in [0, 0.1) is 0 Å². The minimum absolute atomic E-state index is 0.0102. The predicted octanol–water partition coefficient (Wildman–Crippen LogP) is 1.76. The SMILES string of the molecule is CN(C)c1nc2ccccc2n1-c1nc2c(c(C(C)(C)S(C)(=O)=O)n1)OCC1COCCN21. The number of aromatic nitrogens is 4. The quantitative estimate of drug-likeness (QED) is 0.562. The van der Waals surface area contributed by atoms with Gasteiger partial charge in [0, 0.05) is 26.9 Å². The molecule has 5 rings (SSSR count). The van der Waals surface area contributed by atoms with E-state index in [1.54, 1.807) is 13.8 Å². The number of hydrogen-bond acceptors (Lipinski definition) is 9. The molecule has 0 bridgehead atoms. The summed E-state index contributed by atoms with van der Waals surface area (Å²) in [6, 6.07) is 7.75. The van der Waals surface area contributed by atoms with Crippen molar-refractivity contribution in [3.63, 3.8) is 0 Å². The second-order valence-electron chi connectivity index (χ2n) is 9.17. The zero-order valence-corrected chi connectivity index (χ0v) is 20.3. The van der Waals surface area contributed by atoms with Crippen LogP contribution in [0.15, 0.2) is 24.3 Å². The highest BCUT2D eigenvalue weighted by molar-refractivity contribution is 7.91. The first kappa shape index (κ1) is 21.9. The van der Waals surface area contributed by atoms with Crippen LogP contribution >= 0.6 is 0 Å². The number of morpholine rings is 1. The van der Waals surface area contributed by atoms with Crippen molar-refractivity contribution in [3.05, 3.63) is 30.0 Å². The summed E-state index contributed by atoms with van der Waals surface area (Å²) in [7, 11) is 0.281. The molecule has 33 heavy (non-hydrogen) atoms. The first-order valence-corrected chi connectivity index (χ1v) is 12.7. The van der Waals surface area contributed by atoms with E-state index in [9.17, 15) is 8.42 Å². The number of imidazole rings is 1. The maximum absolute atomic E-state index is 12.8. The standard InChI is InChI=1S/C22H28N6O4S/c1-22(2,33(5,29)30)18-17-19(27-10-11-31-12-14(27)13-32-17)25-20(24-18)28-16-9-7-6-8-15(16)23-21(28)26(3)4/h6-9,14H,10-13H2,1-5H3. The van der Waals surface area contributed by atoms with Crippen LogP contribution in [0.2, 0.25) is 0 Å². The summed E-state index contributed by atoms with van der Waals surface area (Å²) in [6.07, 6.45) is 1.22. The fourth-order valence-corrected chi connectivity index (χ4v) is 4.69.